The molecule has 0 aliphatic rings. The van der Waals surface area contributed by atoms with E-state index in [0.29, 0.717) is 42.2 Å². The van der Waals surface area contributed by atoms with Gasteiger partial charge in [0.2, 0.25) is 0 Å². The van der Waals surface area contributed by atoms with Crippen LogP contribution in [0.4, 0.5) is 5.82 Å². The number of rotatable bonds is 7. The minimum absolute atomic E-state index is 0.384. The first-order chi connectivity index (χ1) is 13.1. The zero-order chi connectivity index (χ0) is 19.2. The molecule has 0 amide bonds. The summed E-state index contributed by atoms with van der Waals surface area (Å²) in [5.41, 5.74) is 12.6. The third-order valence-electron chi connectivity index (χ3n) is 3.96. The number of nitrogens with zero attached hydrogens (tertiary/aromatic N) is 3. The van der Waals surface area contributed by atoms with Gasteiger partial charge < -0.3 is 25.7 Å². The number of hydrogen-bond acceptors (Lipinski definition) is 6. The van der Waals surface area contributed by atoms with Gasteiger partial charge in [-0.05, 0) is 18.2 Å². The molecular formula is C19H23N5O3. The quantitative estimate of drug-likeness (QED) is 0.376. The average molecular weight is 369 g/mol. The fraction of sp³-hybridized carbons (Fsp3) is 0.263. The van der Waals surface area contributed by atoms with E-state index < -0.39 is 0 Å². The summed E-state index contributed by atoms with van der Waals surface area (Å²) in [6.45, 7) is 1.11. The van der Waals surface area contributed by atoms with E-state index in [1.54, 1.807) is 37.1 Å². The molecule has 0 atom stereocenters. The van der Waals surface area contributed by atoms with Crippen LogP contribution >= 0.6 is 0 Å². The van der Waals surface area contributed by atoms with Crippen molar-refractivity contribution in [3.8, 4) is 17.2 Å². The Morgan fingerprint density at radius 3 is 2.78 bits per heavy atom. The van der Waals surface area contributed by atoms with E-state index in [9.17, 15) is 0 Å². The second-order valence-electron chi connectivity index (χ2n) is 5.84. The van der Waals surface area contributed by atoms with Crippen molar-refractivity contribution in [3.05, 3.63) is 42.7 Å². The van der Waals surface area contributed by atoms with E-state index in [4.69, 9.17) is 25.7 Å². The van der Waals surface area contributed by atoms with E-state index in [0.717, 1.165) is 17.3 Å². The Bertz CT molecular complexity index is 952. The fourth-order valence-electron chi connectivity index (χ4n) is 2.65. The van der Waals surface area contributed by atoms with Crippen LogP contribution in [0.15, 0.2) is 47.7 Å². The summed E-state index contributed by atoms with van der Waals surface area (Å²) in [5.74, 6) is 2.53. The summed E-state index contributed by atoms with van der Waals surface area (Å²) in [4.78, 5) is 8.02. The van der Waals surface area contributed by atoms with Crippen LogP contribution in [0.2, 0.25) is 0 Å². The van der Waals surface area contributed by atoms with Crippen LogP contribution in [0, 0.1) is 0 Å². The zero-order valence-corrected chi connectivity index (χ0v) is 15.4. The molecule has 0 aliphatic heterocycles. The number of aliphatic imine (C=N–C) groups is 1. The summed E-state index contributed by atoms with van der Waals surface area (Å²) in [6.07, 6.45) is 4.21. The molecule has 2 aromatic heterocycles. The highest BCUT2D eigenvalue weighted by Crippen LogP contribution is 2.36. The largest absolute Gasteiger partial charge is 0.490 e. The van der Waals surface area contributed by atoms with Crippen molar-refractivity contribution < 1.29 is 14.2 Å². The van der Waals surface area contributed by atoms with Gasteiger partial charge in [-0.2, -0.15) is 0 Å². The number of nitrogen functional groups attached to an aromatic ring is 1. The number of hydrogen-bond donors (Lipinski definition) is 2. The molecule has 3 rings (SSSR count). The highest BCUT2D eigenvalue weighted by Gasteiger charge is 2.13. The van der Waals surface area contributed by atoms with Crippen molar-refractivity contribution in [2.24, 2.45) is 10.7 Å². The molecule has 1 aromatic carbocycles. The van der Waals surface area contributed by atoms with Crippen molar-refractivity contribution in [2.45, 2.75) is 6.42 Å². The van der Waals surface area contributed by atoms with Crippen LogP contribution in [-0.4, -0.2) is 42.9 Å². The normalized spacial score (nSPS) is 11.7. The zero-order valence-electron chi connectivity index (χ0n) is 15.4. The monoisotopic (exact) mass is 369 g/mol. The van der Waals surface area contributed by atoms with Gasteiger partial charge in [0, 0.05) is 57.1 Å². The third-order valence-corrected chi connectivity index (χ3v) is 3.96. The van der Waals surface area contributed by atoms with Gasteiger partial charge in [-0.3, -0.25) is 9.56 Å². The number of fused-ring (bicyclic) bond motifs is 1. The lowest BCUT2D eigenvalue weighted by atomic mass is 10.2. The number of nitrogens with two attached hydrogens (primary N) is 2. The lowest BCUT2D eigenvalue weighted by Gasteiger charge is -2.14. The van der Waals surface area contributed by atoms with Crippen LogP contribution in [0.5, 0.6) is 17.2 Å². The first-order valence-corrected chi connectivity index (χ1v) is 8.51. The van der Waals surface area contributed by atoms with Gasteiger partial charge in [0.25, 0.3) is 0 Å². The number of anilines is 1. The van der Waals surface area contributed by atoms with Gasteiger partial charge in [0.1, 0.15) is 11.6 Å². The molecule has 2 heterocycles. The minimum Gasteiger partial charge on any atom is -0.490 e. The van der Waals surface area contributed by atoms with Crippen molar-refractivity contribution in [1.29, 1.82) is 0 Å². The average Bonchev–Trinajstić information content (AvgIpc) is 3.07. The second kappa shape index (κ2) is 8.41. The molecule has 0 saturated carbocycles. The molecule has 8 nitrogen and oxygen atoms in total. The van der Waals surface area contributed by atoms with Gasteiger partial charge >= 0.3 is 0 Å². The Labute approximate surface area is 157 Å². The van der Waals surface area contributed by atoms with Crippen LogP contribution in [0.1, 0.15) is 6.42 Å². The molecule has 0 unspecified atom stereocenters. The molecular weight excluding hydrogens is 346 g/mol. The molecule has 3 aromatic rings. The predicted octanol–water partition coefficient (Wildman–Crippen LogP) is 2.62. The summed E-state index contributed by atoms with van der Waals surface area (Å²) in [5, 5.41) is 0.947. The molecule has 142 valence electrons. The summed E-state index contributed by atoms with van der Waals surface area (Å²) in [6, 6.07) is 9.13. The number of methoxy groups -OCH3 is 1. The second-order valence-corrected chi connectivity index (χ2v) is 5.84. The van der Waals surface area contributed by atoms with Gasteiger partial charge in [-0.15, -0.1) is 0 Å². The molecule has 0 fully saturated rings. The Hall–Kier alpha value is -3.26. The smallest absolute Gasteiger partial charge is 0.199 e. The Morgan fingerprint density at radius 2 is 2.04 bits per heavy atom. The van der Waals surface area contributed by atoms with Crippen molar-refractivity contribution in [2.75, 3.05) is 33.1 Å². The first kappa shape index (κ1) is 18.5. The standard InChI is InChI=1S/C19H23N5O3/c1-22-19(21)24-7-5-13-10-17(27-14-4-6-23-18(20)11-14)16(12-15(13)24)26-9-3-8-25-2/h4-7,10-12H,3,8-9H2,1-2H3,(H2,20,23)(H2,21,22). The number of pyridine rings is 1. The van der Waals surface area contributed by atoms with Gasteiger partial charge in [-0.25, -0.2) is 4.98 Å². The Kier molecular flexibility index (Phi) is 5.77. The lowest BCUT2D eigenvalue weighted by molar-refractivity contribution is 0.171. The number of ether oxygens (including phenoxy) is 3. The van der Waals surface area contributed by atoms with E-state index in [1.807, 2.05) is 24.4 Å². The molecule has 8 heteroatoms. The van der Waals surface area contributed by atoms with E-state index in [2.05, 4.69) is 9.98 Å². The van der Waals surface area contributed by atoms with Gasteiger partial charge in [-0.1, -0.05) is 0 Å². The summed E-state index contributed by atoms with van der Waals surface area (Å²) in [7, 11) is 3.31. The molecule has 0 spiro atoms. The molecule has 0 saturated heterocycles. The maximum atomic E-state index is 6.00. The Morgan fingerprint density at radius 1 is 1.19 bits per heavy atom. The van der Waals surface area contributed by atoms with Crippen LogP contribution in [0.3, 0.4) is 0 Å². The maximum Gasteiger partial charge on any atom is 0.199 e. The van der Waals surface area contributed by atoms with Gasteiger partial charge in [0.05, 0.1) is 12.1 Å². The number of benzene rings is 1. The van der Waals surface area contributed by atoms with Crippen molar-refractivity contribution in [3.63, 3.8) is 0 Å². The number of aromatic nitrogens is 2. The van der Waals surface area contributed by atoms with Crippen LogP contribution in [0.25, 0.3) is 10.9 Å². The molecule has 0 radical (unpaired) electrons. The van der Waals surface area contributed by atoms with Crippen molar-refractivity contribution >= 4 is 22.7 Å². The van der Waals surface area contributed by atoms with E-state index >= 15 is 0 Å². The fourth-order valence-corrected chi connectivity index (χ4v) is 2.65. The van der Waals surface area contributed by atoms with Crippen LogP contribution < -0.4 is 20.9 Å². The Balaban J connectivity index is 1.98. The van der Waals surface area contributed by atoms with Crippen LogP contribution in [-0.2, 0) is 4.74 Å². The van der Waals surface area contributed by atoms with E-state index in [-0.39, 0.29) is 0 Å². The summed E-state index contributed by atoms with van der Waals surface area (Å²) >= 11 is 0. The molecule has 0 bridgehead atoms. The maximum absolute atomic E-state index is 6.00. The first-order valence-electron chi connectivity index (χ1n) is 8.51. The molecule has 4 N–H and O–H groups in total. The summed E-state index contributed by atoms with van der Waals surface area (Å²) < 4.78 is 18.8. The molecule has 27 heavy (non-hydrogen) atoms. The third kappa shape index (κ3) is 4.29. The lowest BCUT2D eigenvalue weighted by Crippen LogP contribution is -2.20. The molecule has 0 aliphatic carbocycles. The topological polar surface area (TPSA) is 110 Å². The van der Waals surface area contributed by atoms with E-state index in [1.165, 1.54) is 0 Å². The highest BCUT2D eigenvalue weighted by atomic mass is 16.5. The highest BCUT2D eigenvalue weighted by molar-refractivity contribution is 5.94. The van der Waals surface area contributed by atoms with Crippen molar-refractivity contribution in [1.82, 2.24) is 9.55 Å². The predicted molar refractivity (Wildman–Crippen MR) is 106 cm³/mol. The van der Waals surface area contributed by atoms with Gasteiger partial charge in [0.15, 0.2) is 17.5 Å². The SMILES string of the molecule is CN=C(N)n1ccc2cc(Oc3ccnc(N)c3)c(OCCCOC)cc21. The minimum atomic E-state index is 0.384.